The summed E-state index contributed by atoms with van der Waals surface area (Å²) in [5.41, 5.74) is 1.11. The molecule has 0 radical (unpaired) electrons. The summed E-state index contributed by atoms with van der Waals surface area (Å²) in [7, 11) is -0.945. The third kappa shape index (κ3) is 2.44. The summed E-state index contributed by atoms with van der Waals surface area (Å²) in [5.74, 6) is 2.57. The van der Waals surface area contributed by atoms with Crippen LogP contribution >= 0.6 is 0 Å². The van der Waals surface area contributed by atoms with Crippen molar-refractivity contribution in [3.63, 3.8) is 0 Å². The zero-order valence-electron chi connectivity index (χ0n) is 12.0. The van der Waals surface area contributed by atoms with Crippen molar-refractivity contribution in [1.29, 1.82) is 0 Å². The van der Waals surface area contributed by atoms with Gasteiger partial charge in [-0.3, -0.25) is 4.21 Å². The fraction of sp³-hybridized carbons (Fsp3) is 0.600. The smallest absolute Gasteiger partial charge is 0.162 e. The molecule has 0 spiro atoms. The lowest BCUT2D eigenvalue weighted by atomic mass is 9.94. The maximum Gasteiger partial charge on any atom is 0.162 e. The predicted molar refractivity (Wildman–Crippen MR) is 78.9 cm³/mol. The number of nitrogens with one attached hydrogen (secondary N) is 1. The van der Waals surface area contributed by atoms with Gasteiger partial charge in [0.1, 0.15) is 13.2 Å². The molecule has 2 aliphatic rings. The van der Waals surface area contributed by atoms with E-state index in [2.05, 4.69) is 19.2 Å². The highest BCUT2D eigenvalue weighted by atomic mass is 32.2. The van der Waals surface area contributed by atoms with Crippen molar-refractivity contribution >= 4 is 10.8 Å². The molecule has 0 aliphatic carbocycles. The average molecular weight is 295 g/mol. The zero-order chi connectivity index (χ0) is 14.1. The monoisotopic (exact) mass is 295 g/mol. The number of rotatable bonds is 3. The fourth-order valence-electron chi connectivity index (χ4n) is 2.87. The van der Waals surface area contributed by atoms with Gasteiger partial charge >= 0.3 is 0 Å². The van der Waals surface area contributed by atoms with Crippen LogP contribution in [0.1, 0.15) is 31.9 Å². The lowest BCUT2D eigenvalue weighted by Crippen LogP contribution is -2.35. The minimum atomic E-state index is -0.945. The van der Waals surface area contributed by atoms with Crippen molar-refractivity contribution in [2.24, 2.45) is 5.92 Å². The van der Waals surface area contributed by atoms with E-state index in [1.54, 1.807) is 0 Å². The van der Waals surface area contributed by atoms with E-state index in [9.17, 15) is 4.21 Å². The first-order valence-corrected chi connectivity index (χ1v) is 8.58. The van der Waals surface area contributed by atoms with Gasteiger partial charge in [0.2, 0.25) is 0 Å². The molecule has 3 unspecified atom stereocenters. The van der Waals surface area contributed by atoms with Crippen LogP contribution in [0.25, 0.3) is 0 Å². The summed E-state index contributed by atoms with van der Waals surface area (Å²) < 4.78 is 23.7. The molecule has 3 atom stereocenters. The summed E-state index contributed by atoms with van der Waals surface area (Å²) in [6.45, 7) is 6.42. The molecule has 110 valence electrons. The molecule has 0 fully saturated rings. The predicted octanol–water partition coefficient (Wildman–Crippen LogP) is 2.26. The van der Waals surface area contributed by atoms with Crippen molar-refractivity contribution in [3.05, 3.63) is 17.7 Å². The number of hydrogen-bond acceptors (Lipinski definition) is 4. The first-order valence-electron chi connectivity index (χ1n) is 7.26. The summed E-state index contributed by atoms with van der Waals surface area (Å²) in [6.07, 6.45) is 1.09. The van der Waals surface area contributed by atoms with E-state index in [-0.39, 0.29) is 6.04 Å². The van der Waals surface area contributed by atoms with Gasteiger partial charge in [-0.05, 0) is 30.5 Å². The summed E-state index contributed by atoms with van der Waals surface area (Å²) in [5, 5.41) is 3.57. The van der Waals surface area contributed by atoms with E-state index in [0.29, 0.717) is 24.9 Å². The molecule has 5 heteroatoms. The van der Waals surface area contributed by atoms with E-state index < -0.39 is 10.8 Å². The van der Waals surface area contributed by atoms with Gasteiger partial charge < -0.3 is 14.8 Å². The van der Waals surface area contributed by atoms with Crippen molar-refractivity contribution < 1.29 is 13.7 Å². The van der Waals surface area contributed by atoms with Crippen LogP contribution in [0, 0.1) is 5.92 Å². The van der Waals surface area contributed by atoms with Crippen LogP contribution in [-0.4, -0.2) is 29.7 Å². The van der Waals surface area contributed by atoms with Gasteiger partial charge in [0.25, 0.3) is 0 Å². The Morgan fingerprint density at radius 2 is 2.00 bits per heavy atom. The summed E-state index contributed by atoms with van der Waals surface area (Å²) in [6, 6.07) is 4.18. The van der Waals surface area contributed by atoms with Gasteiger partial charge in [0.05, 0.1) is 10.8 Å². The second kappa shape index (κ2) is 5.74. The molecule has 20 heavy (non-hydrogen) atoms. The lowest BCUT2D eigenvalue weighted by Gasteiger charge is -2.33. The minimum absolute atomic E-state index is 0.249. The van der Waals surface area contributed by atoms with Gasteiger partial charge in [0.15, 0.2) is 11.5 Å². The van der Waals surface area contributed by atoms with Gasteiger partial charge in [-0.1, -0.05) is 13.8 Å². The SMILES string of the molecule is CCCNC1c2cc3c(cc2S(=O)CC1C)OCCO3. The molecule has 0 bridgehead atoms. The Labute approximate surface area is 122 Å². The molecule has 0 amide bonds. The molecule has 4 nitrogen and oxygen atoms in total. The maximum absolute atomic E-state index is 12.4. The third-order valence-corrected chi connectivity index (χ3v) is 5.53. The van der Waals surface area contributed by atoms with Crippen LogP contribution in [0.4, 0.5) is 0 Å². The number of ether oxygens (including phenoxy) is 2. The van der Waals surface area contributed by atoms with Crippen LogP contribution in [-0.2, 0) is 10.8 Å². The Bertz CT molecular complexity index is 532. The van der Waals surface area contributed by atoms with Crippen molar-refractivity contribution in [3.8, 4) is 11.5 Å². The first kappa shape index (κ1) is 13.9. The summed E-state index contributed by atoms with van der Waals surface area (Å²) >= 11 is 0. The molecule has 3 rings (SSSR count). The molecule has 1 aromatic carbocycles. The highest BCUT2D eigenvalue weighted by Crippen LogP contribution is 2.41. The molecular weight excluding hydrogens is 274 g/mol. The Balaban J connectivity index is 2.02. The largest absolute Gasteiger partial charge is 0.486 e. The molecule has 2 heterocycles. The maximum atomic E-state index is 12.4. The van der Waals surface area contributed by atoms with Crippen molar-refractivity contribution in [2.75, 3.05) is 25.5 Å². The molecule has 0 saturated heterocycles. The van der Waals surface area contributed by atoms with E-state index >= 15 is 0 Å². The van der Waals surface area contributed by atoms with Gasteiger partial charge in [-0.2, -0.15) is 0 Å². The first-order chi connectivity index (χ1) is 9.70. The Kier molecular flexibility index (Phi) is 3.98. The minimum Gasteiger partial charge on any atom is -0.486 e. The fourth-order valence-corrected chi connectivity index (χ4v) is 4.41. The van der Waals surface area contributed by atoms with E-state index in [1.165, 1.54) is 0 Å². The zero-order valence-corrected chi connectivity index (χ0v) is 12.8. The molecule has 2 aliphatic heterocycles. The van der Waals surface area contributed by atoms with Crippen LogP contribution in [0.2, 0.25) is 0 Å². The quantitative estimate of drug-likeness (QED) is 0.929. The molecule has 0 saturated carbocycles. The summed E-state index contributed by atoms with van der Waals surface area (Å²) in [4.78, 5) is 0.904. The van der Waals surface area contributed by atoms with Crippen molar-refractivity contribution in [2.45, 2.75) is 31.2 Å². The third-order valence-electron chi connectivity index (χ3n) is 3.85. The van der Waals surface area contributed by atoms with Crippen LogP contribution in [0.5, 0.6) is 11.5 Å². The van der Waals surface area contributed by atoms with E-state index in [0.717, 1.165) is 34.9 Å². The molecule has 1 N–H and O–H groups in total. The molecular formula is C15H21NO3S. The van der Waals surface area contributed by atoms with Crippen LogP contribution in [0.3, 0.4) is 0 Å². The highest BCUT2D eigenvalue weighted by molar-refractivity contribution is 7.85. The standard InChI is InChI=1S/C15H21NO3S/c1-3-4-16-15-10(2)9-20(17)14-8-13-12(7-11(14)15)18-5-6-19-13/h7-8,10,15-16H,3-6,9H2,1-2H3. The van der Waals surface area contributed by atoms with E-state index in [4.69, 9.17) is 9.47 Å². The molecule has 0 aromatic heterocycles. The number of fused-ring (bicyclic) bond motifs is 2. The van der Waals surface area contributed by atoms with Crippen LogP contribution < -0.4 is 14.8 Å². The molecule has 1 aromatic rings. The number of hydrogen-bond donors (Lipinski definition) is 1. The number of benzene rings is 1. The second-order valence-corrected chi connectivity index (χ2v) is 6.92. The highest BCUT2D eigenvalue weighted by Gasteiger charge is 2.32. The average Bonchev–Trinajstić information content (AvgIpc) is 2.45. The van der Waals surface area contributed by atoms with Gasteiger partial charge in [0, 0.05) is 22.8 Å². The second-order valence-electron chi connectivity index (χ2n) is 5.45. The lowest BCUT2D eigenvalue weighted by molar-refractivity contribution is 0.170. The van der Waals surface area contributed by atoms with Crippen LogP contribution in [0.15, 0.2) is 17.0 Å². The Morgan fingerprint density at radius 3 is 2.70 bits per heavy atom. The van der Waals surface area contributed by atoms with Gasteiger partial charge in [-0.15, -0.1) is 0 Å². The normalized spacial score (nSPS) is 28.0. The van der Waals surface area contributed by atoms with E-state index in [1.807, 2.05) is 12.1 Å². The van der Waals surface area contributed by atoms with Crippen molar-refractivity contribution in [1.82, 2.24) is 5.32 Å². The topological polar surface area (TPSA) is 47.6 Å². The van der Waals surface area contributed by atoms with Gasteiger partial charge in [-0.25, -0.2) is 0 Å². The Hall–Kier alpha value is -1.07. The Morgan fingerprint density at radius 1 is 1.30 bits per heavy atom.